The van der Waals surface area contributed by atoms with Crippen LogP contribution in [0.3, 0.4) is 0 Å². The van der Waals surface area contributed by atoms with Gasteiger partial charge in [0, 0.05) is 22.8 Å². The van der Waals surface area contributed by atoms with Crippen LogP contribution in [0.4, 0.5) is 0 Å². The summed E-state index contributed by atoms with van der Waals surface area (Å²) >= 11 is 0. The van der Waals surface area contributed by atoms with E-state index >= 15 is 0 Å². The van der Waals surface area contributed by atoms with Crippen molar-refractivity contribution in [3.63, 3.8) is 0 Å². The fourth-order valence-electron chi connectivity index (χ4n) is 0.416. The minimum Gasteiger partial charge on any atom is -0.480 e. The van der Waals surface area contributed by atoms with E-state index < -0.39 is 22.8 Å². The first kappa shape index (κ1) is 13.5. The predicted octanol–water partition coefficient (Wildman–Crippen LogP) is -0.411. The SMILES string of the molecule is CS(=O)CC[C@@H](N)C(=O)O.Cl. The molecule has 0 spiro atoms. The molecular weight excluding hydrogens is 190 g/mol. The van der Waals surface area contributed by atoms with Crippen LogP contribution in [-0.2, 0) is 15.6 Å². The molecule has 0 aliphatic rings. The van der Waals surface area contributed by atoms with E-state index in [1.807, 2.05) is 0 Å². The Morgan fingerprint density at radius 2 is 2.18 bits per heavy atom. The summed E-state index contributed by atoms with van der Waals surface area (Å²) < 4.78 is 10.4. The maximum atomic E-state index is 10.4. The van der Waals surface area contributed by atoms with Gasteiger partial charge >= 0.3 is 5.97 Å². The molecule has 6 heteroatoms. The van der Waals surface area contributed by atoms with Crippen LogP contribution in [0.1, 0.15) is 6.42 Å². The maximum absolute atomic E-state index is 10.4. The summed E-state index contributed by atoms with van der Waals surface area (Å²) in [4.78, 5) is 10.1. The molecule has 68 valence electrons. The third-order valence-electron chi connectivity index (χ3n) is 1.03. The summed E-state index contributed by atoms with van der Waals surface area (Å²) in [7, 11) is -0.946. The van der Waals surface area contributed by atoms with E-state index in [1.54, 1.807) is 0 Å². The van der Waals surface area contributed by atoms with Gasteiger partial charge in [-0.3, -0.25) is 9.00 Å². The fraction of sp³-hybridized carbons (Fsp3) is 0.800. The standard InChI is InChI=1S/C5H11NO3S.ClH/c1-10(9)3-2-4(6)5(7)8;/h4H,2-3,6H2,1H3,(H,7,8);1H/t4-,10?;/m1./s1. The molecule has 0 saturated heterocycles. The normalized spacial score (nSPS) is 14.7. The van der Waals surface area contributed by atoms with Crippen LogP contribution in [0.5, 0.6) is 0 Å². The zero-order chi connectivity index (χ0) is 8.15. The zero-order valence-electron chi connectivity index (χ0n) is 6.15. The van der Waals surface area contributed by atoms with Crippen molar-refractivity contribution in [2.24, 2.45) is 5.73 Å². The minimum absolute atomic E-state index is 0. The topological polar surface area (TPSA) is 80.4 Å². The van der Waals surface area contributed by atoms with Gasteiger partial charge in [-0.2, -0.15) is 0 Å². The Hall–Kier alpha value is -0.130. The molecule has 0 rings (SSSR count). The zero-order valence-corrected chi connectivity index (χ0v) is 7.78. The van der Waals surface area contributed by atoms with Crippen LogP contribution < -0.4 is 5.73 Å². The molecule has 4 nitrogen and oxygen atoms in total. The number of carbonyl (C=O) groups is 1. The van der Waals surface area contributed by atoms with Gasteiger partial charge in [0.15, 0.2) is 0 Å². The largest absolute Gasteiger partial charge is 0.480 e. The Balaban J connectivity index is 0. The Morgan fingerprint density at radius 3 is 2.45 bits per heavy atom. The van der Waals surface area contributed by atoms with Gasteiger partial charge < -0.3 is 10.8 Å². The molecule has 0 amide bonds. The highest BCUT2D eigenvalue weighted by molar-refractivity contribution is 7.84. The van der Waals surface area contributed by atoms with Crippen LogP contribution in [0, 0.1) is 0 Å². The highest BCUT2D eigenvalue weighted by Crippen LogP contribution is 1.89. The maximum Gasteiger partial charge on any atom is 0.320 e. The van der Waals surface area contributed by atoms with Crippen molar-refractivity contribution < 1.29 is 14.1 Å². The number of aliphatic carboxylic acids is 1. The van der Waals surface area contributed by atoms with Crippen molar-refractivity contribution in [1.82, 2.24) is 0 Å². The van der Waals surface area contributed by atoms with E-state index in [9.17, 15) is 9.00 Å². The summed E-state index contributed by atoms with van der Waals surface area (Å²) in [5.41, 5.74) is 5.13. The summed E-state index contributed by atoms with van der Waals surface area (Å²) in [5.74, 6) is -0.682. The molecule has 0 aromatic rings. The van der Waals surface area contributed by atoms with Crippen molar-refractivity contribution in [2.45, 2.75) is 12.5 Å². The van der Waals surface area contributed by atoms with Gasteiger partial charge in [-0.25, -0.2) is 0 Å². The summed E-state index contributed by atoms with van der Waals surface area (Å²) in [5, 5.41) is 8.27. The minimum atomic E-state index is -1.04. The molecule has 0 heterocycles. The molecule has 3 N–H and O–H groups in total. The van der Waals surface area contributed by atoms with Gasteiger partial charge in [-0.05, 0) is 6.42 Å². The summed E-state index contributed by atoms with van der Waals surface area (Å²) in [6, 6.07) is -0.871. The molecule has 0 radical (unpaired) electrons. The lowest BCUT2D eigenvalue weighted by molar-refractivity contribution is -0.138. The van der Waals surface area contributed by atoms with Gasteiger partial charge in [0.05, 0.1) is 0 Å². The first-order chi connectivity index (χ1) is 4.54. The molecule has 2 atom stereocenters. The first-order valence-electron chi connectivity index (χ1n) is 2.82. The second-order valence-electron chi connectivity index (χ2n) is 2.01. The number of hydrogen-bond donors (Lipinski definition) is 2. The number of nitrogens with two attached hydrogens (primary N) is 1. The fourth-order valence-corrected chi connectivity index (χ4v) is 1.00. The van der Waals surface area contributed by atoms with Crippen LogP contribution in [0.2, 0.25) is 0 Å². The molecule has 0 aliphatic carbocycles. The predicted molar refractivity (Wildman–Crippen MR) is 46.4 cm³/mol. The second kappa shape index (κ2) is 6.57. The third-order valence-corrected chi connectivity index (χ3v) is 1.84. The number of carboxylic acid groups (broad SMARTS) is 1. The Labute approximate surface area is 74.0 Å². The van der Waals surface area contributed by atoms with Crippen molar-refractivity contribution in [1.29, 1.82) is 0 Å². The first-order valence-corrected chi connectivity index (χ1v) is 4.55. The van der Waals surface area contributed by atoms with Crippen LogP contribution in [0.15, 0.2) is 0 Å². The Morgan fingerprint density at radius 1 is 1.73 bits per heavy atom. The van der Waals surface area contributed by atoms with E-state index in [0.717, 1.165) is 0 Å². The number of halogens is 1. The Bertz CT molecular complexity index is 153. The van der Waals surface area contributed by atoms with Crippen molar-refractivity contribution in [2.75, 3.05) is 12.0 Å². The number of carboxylic acids is 1. The molecule has 0 aromatic heterocycles. The molecule has 0 aliphatic heterocycles. The van der Waals surface area contributed by atoms with Crippen molar-refractivity contribution in [3.05, 3.63) is 0 Å². The molecule has 0 bridgehead atoms. The van der Waals surface area contributed by atoms with E-state index in [0.29, 0.717) is 5.75 Å². The van der Waals surface area contributed by atoms with Crippen LogP contribution in [0.25, 0.3) is 0 Å². The van der Waals surface area contributed by atoms with Gasteiger partial charge in [-0.15, -0.1) is 12.4 Å². The molecule has 0 aromatic carbocycles. The van der Waals surface area contributed by atoms with Gasteiger partial charge in [0.2, 0.25) is 0 Å². The molecule has 11 heavy (non-hydrogen) atoms. The lowest BCUT2D eigenvalue weighted by Gasteiger charge is -2.02. The number of hydrogen-bond acceptors (Lipinski definition) is 3. The highest BCUT2D eigenvalue weighted by Gasteiger charge is 2.10. The lowest BCUT2D eigenvalue weighted by Crippen LogP contribution is -2.31. The third kappa shape index (κ3) is 7.77. The second-order valence-corrected chi connectivity index (χ2v) is 3.57. The monoisotopic (exact) mass is 201 g/mol. The molecular formula is C5H12ClNO3S. The Kier molecular flexibility index (Phi) is 8.04. The van der Waals surface area contributed by atoms with E-state index in [-0.39, 0.29) is 18.8 Å². The van der Waals surface area contributed by atoms with Crippen molar-refractivity contribution >= 4 is 29.2 Å². The van der Waals surface area contributed by atoms with E-state index in [2.05, 4.69) is 0 Å². The quantitative estimate of drug-likeness (QED) is 0.648. The lowest BCUT2D eigenvalue weighted by atomic mass is 10.2. The number of rotatable bonds is 4. The van der Waals surface area contributed by atoms with Crippen molar-refractivity contribution in [3.8, 4) is 0 Å². The van der Waals surface area contributed by atoms with Gasteiger partial charge in [0.25, 0.3) is 0 Å². The van der Waals surface area contributed by atoms with Gasteiger partial charge in [-0.1, -0.05) is 0 Å². The van der Waals surface area contributed by atoms with E-state index in [4.69, 9.17) is 10.8 Å². The summed E-state index contributed by atoms with van der Waals surface area (Å²) in [6.07, 6.45) is 1.80. The molecule has 0 saturated carbocycles. The summed E-state index contributed by atoms with van der Waals surface area (Å²) in [6.45, 7) is 0. The van der Waals surface area contributed by atoms with Crippen LogP contribution in [-0.4, -0.2) is 33.3 Å². The average Bonchev–Trinajstić information content (AvgIpc) is 1.82. The molecule has 0 fully saturated rings. The molecule has 1 unspecified atom stereocenters. The average molecular weight is 202 g/mol. The smallest absolute Gasteiger partial charge is 0.320 e. The van der Waals surface area contributed by atoms with Crippen LogP contribution >= 0.6 is 12.4 Å². The van der Waals surface area contributed by atoms with E-state index in [1.165, 1.54) is 6.26 Å². The van der Waals surface area contributed by atoms with Gasteiger partial charge in [0.1, 0.15) is 6.04 Å². The highest BCUT2D eigenvalue weighted by atomic mass is 35.5.